The molecule has 0 bridgehead atoms. The van der Waals surface area contributed by atoms with Crippen LogP contribution in [0.5, 0.6) is 0 Å². The average molecular weight is 231 g/mol. The van der Waals surface area contributed by atoms with Gasteiger partial charge in [-0.05, 0) is 24.8 Å². The quantitative estimate of drug-likeness (QED) is 0.708. The van der Waals surface area contributed by atoms with E-state index in [0.29, 0.717) is 19.3 Å². The summed E-state index contributed by atoms with van der Waals surface area (Å²) in [6, 6.07) is 9.63. The maximum Gasteiger partial charge on any atom is 0.0869 e. The largest absolute Gasteiger partial charge is 0.388 e. The fourth-order valence-electron chi connectivity index (χ4n) is 1.94. The third kappa shape index (κ3) is 3.84. The number of aliphatic hydroxyl groups is 1. The molecule has 0 unspecified atom stereocenters. The lowest BCUT2D eigenvalue weighted by molar-refractivity contribution is 0.0197. The van der Waals surface area contributed by atoms with Crippen molar-refractivity contribution in [1.29, 1.82) is 0 Å². The molecule has 1 rings (SSSR count). The van der Waals surface area contributed by atoms with Crippen molar-refractivity contribution < 1.29 is 5.11 Å². The minimum atomic E-state index is -0.945. The van der Waals surface area contributed by atoms with Gasteiger partial charge in [0.25, 0.3) is 0 Å². The van der Waals surface area contributed by atoms with Crippen molar-refractivity contribution >= 4 is 0 Å². The highest BCUT2D eigenvalue weighted by molar-refractivity contribution is 5.17. The molecule has 0 aliphatic carbocycles. The lowest BCUT2D eigenvalue weighted by Crippen LogP contribution is -2.48. The van der Waals surface area contributed by atoms with Crippen LogP contribution in [0.3, 0.4) is 0 Å². The highest BCUT2D eigenvalue weighted by atomic mass is 16.3. The Hall–Kier alpha value is -1.38. The van der Waals surface area contributed by atoms with Crippen molar-refractivity contribution in [3.05, 3.63) is 61.2 Å². The van der Waals surface area contributed by atoms with Crippen LogP contribution in [0.1, 0.15) is 18.4 Å². The van der Waals surface area contributed by atoms with Gasteiger partial charge in [-0.3, -0.25) is 0 Å². The molecule has 0 heterocycles. The molecule has 0 radical (unpaired) electrons. The topological polar surface area (TPSA) is 46.2 Å². The van der Waals surface area contributed by atoms with Gasteiger partial charge in [0.2, 0.25) is 0 Å². The number of rotatable bonds is 7. The number of hydrogen-bond donors (Lipinski definition) is 2. The summed E-state index contributed by atoms with van der Waals surface area (Å²) in [7, 11) is 0. The van der Waals surface area contributed by atoms with Gasteiger partial charge in [-0.2, -0.15) is 0 Å². The van der Waals surface area contributed by atoms with Crippen LogP contribution >= 0.6 is 0 Å². The van der Waals surface area contributed by atoms with Gasteiger partial charge in [0.1, 0.15) is 0 Å². The van der Waals surface area contributed by atoms with E-state index in [4.69, 9.17) is 5.73 Å². The van der Waals surface area contributed by atoms with E-state index >= 15 is 0 Å². The molecule has 0 aliphatic heterocycles. The van der Waals surface area contributed by atoms with Crippen LogP contribution < -0.4 is 5.73 Å². The second-order valence-electron chi connectivity index (χ2n) is 4.39. The van der Waals surface area contributed by atoms with Crippen molar-refractivity contribution in [2.75, 3.05) is 0 Å². The van der Waals surface area contributed by atoms with Gasteiger partial charge in [0.05, 0.1) is 5.60 Å². The van der Waals surface area contributed by atoms with Gasteiger partial charge < -0.3 is 10.8 Å². The molecule has 17 heavy (non-hydrogen) atoms. The second-order valence-corrected chi connectivity index (χ2v) is 4.39. The van der Waals surface area contributed by atoms with Crippen LogP contribution in [-0.2, 0) is 6.42 Å². The third-order valence-electron chi connectivity index (χ3n) is 2.98. The first-order valence-electron chi connectivity index (χ1n) is 5.86. The monoisotopic (exact) mass is 231 g/mol. The Morgan fingerprint density at radius 1 is 1.18 bits per heavy atom. The Kier molecular flexibility index (Phi) is 5.13. The normalized spacial score (nSPS) is 13.1. The lowest BCUT2D eigenvalue weighted by Gasteiger charge is -2.32. The first-order valence-corrected chi connectivity index (χ1v) is 5.86. The molecule has 0 aliphatic rings. The predicted octanol–water partition coefficient (Wildman–Crippen LogP) is 2.44. The van der Waals surface area contributed by atoms with Gasteiger partial charge in [0.15, 0.2) is 0 Å². The molecule has 3 N–H and O–H groups in total. The summed E-state index contributed by atoms with van der Waals surface area (Å²) in [4.78, 5) is 0. The Balaban J connectivity index is 2.74. The van der Waals surface area contributed by atoms with Gasteiger partial charge in [-0.15, -0.1) is 13.2 Å². The minimum absolute atomic E-state index is 0.319. The standard InChI is InChI=1S/C15H21NO/c1-3-10-15(17,11-4-2)14(16)12-13-8-6-5-7-9-13/h3-9,14,17H,1-2,10-12,16H2/t14-/m1/s1. The number of hydrogen-bond acceptors (Lipinski definition) is 2. The predicted molar refractivity (Wildman–Crippen MR) is 72.7 cm³/mol. The summed E-state index contributed by atoms with van der Waals surface area (Å²) in [5, 5.41) is 10.5. The Bertz CT molecular complexity index is 348. The average Bonchev–Trinajstić information content (AvgIpc) is 2.31. The number of nitrogens with two attached hydrogens (primary N) is 1. The summed E-state index contributed by atoms with van der Waals surface area (Å²) >= 11 is 0. The van der Waals surface area contributed by atoms with Crippen molar-refractivity contribution in [3.63, 3.8) is 0 Å². The molecule has 0 saturated heterocycles. The molecule has 2 nitrogen and oxygen atoms in total. The van der Waals surface area contributed by atoms with E-state index in [-0.39, 0.29) is 6.04 Å². The zero-order chi connectivity index (χ0) is 12.7. The maximum absolute atomic E-state index is 10.5. The Labute approximate surface area is 103 Å². The molecular formula is C15H21NO. The first kappa shape index (κ1) is 13.7. The summed E-state index contributed by atoms with van der Waals surface area (Å²) < 4.78 is 0. The van der Waals surface area contributed by atoms with E-state index in [9.17, 15) is 5.11 Å². The zero-order valence-corrected chi connectivity index (χ0v) is 10.2. The molecular weight excluding hydrogens is 210 g/mol. The van der Waals surface area contributed by atoms with E-state index < -0.39 is 5.60 Å². The maximum atomic E-state index is 10.5. The van der Waals surface area contributed by atoms with Crippen LogP contribution in [0, 0.1) is 0 Å². The minimum Gasteiger partial charge on any atom is -0.388 e. The third-order valence-corrected chi connectivity index (χ3v) is 2.98. The highest BCUT2D eigenvalue weighted by Crippen LogP contribution is 2.22. The molecule has 0 amide bonds. The number of benzene rings is 1. The smallest absolute Gasteiger partial charge is 0.0869 e. The fraction of sp³-hybridized carbons (Fsp3) is 0.333. The Morgan fingerprint density at radius 2 is 1.71 bits per heavy atom. The highest BCUT2D eigenvalue weighted by Gasteiger charge is 2.31. The molecule has 1 aromatic carbocycles. The van der Waals surface area contributed by atoms with Crippen LogP contribution in [0.4, 0.5) is 0 Å². The van der Waals surface area contributed by atoms with Crippen LogP contribution in [0.25, 0.3) is 0 Å². The van der Waals surface area contributed by atoms with E-state index in [0.717, 1.165) is 5.56 Å². The summed E-state index contributed by atoms with van der Waals surface area (Å²) in [5.41, 5.74) is 6.30. The van der Waals surface area contributed by atoms with Crippen molar-refractivity contribution in [1.82, 2.24) is 0 Å². The molecule has 0 aromatic heterocycles. The van der Waals surface area contributed by atoms with E-state index in [1.54, 1.807) is 12.2 Å². The molecule has 1 aromatic rings. The summed E-state index contributed by atoms with van der Waals surface area (Å²) in [6.45, 7) is 7.34. The van der Waals surface area contributed by atoms with Crippen LogP contribution in [-0.4, -0.2) is 16.7 Å². The second kappa shape index (κ2) is 6.38. The van der Waals surface area contributed by atoms with Gasteiger partial charge in [-0.1, -0.05) is 42.5 Å². The zero-order valence-electron chi connectivity index (χ0n) is 10.2. The van der Waals surface area contributed by atoms with Crippen molar-refractivity contribution in [2.24, 2.45) is 5.73 Å². The van der Waals surface area contributed by atoms with Crippen LogP contribution in [0.15, 0.2) is 55.6 Å². The first-order chi connectivity index (χ1) is 8.12. The summed E-state index contributed by atoms with van der Waals surface area (Å²) in [6.07, 6.45) is 5.02. The lowest BCUT2D eigenvalue weighted by atomic mass is 9.84. The molecule has 2 heteroatoms. The molecule has 92 valence electrons. The van der Waals surface area contributed by atoms with E-state index in [1.165, 1.54) is 0 Å². The van der Waals surface area contributed by atoms with Crippen molar-refractivity contribution in [3.8, 4) is 0 Å². The van der Waals surface area contributed by atoms with Gasteiger partial charge >= 0.3 is 0 Å². The van der Waals surface area contributed by atoms with Gasteiger partial charge in [-0.25, -0.2) is 0 Å². The Morgan fingerprint density at radius 3 is 2.18 bits per heavy atom. The van der Waals surface area contributed by atoms with E-state index in [2.05, 4.69) is 13.2 Å². The van der Waals surface area contributed by atoms with Crippen LogP contribution in [0.2, 0.25) is 0 Å². The van der Waals surface area contributed by atoms with Crippen molar-refractivity contribution in [2.45, 2.75) is 30.9 Å². The molecule has 0 saturated carbocycles. The van der Waals surface area contributed by atoms with Gasteiger partial charge in [0, 0.05) is 6.04 Å². The van der Waals surface area contributed by atoms with E-state index in [1.807, 2.05) is 30.3 Å². The molecule has 0 spiro atoms. The molecule has 1 atom stereocenters. The summed E-state index contributed by atoms with van der Waals surface area (Å²) in [5.74, 6) is 0. The SMILES string of the molecule is C=CCC(O)(CC=C)[C@H](N)Cc1ccccc1. The fourth-order valence-corrected chi connectivity index (χ4v) is 1.94. The molecule has 0 fully saturated rings.